The van der Waals surface area contributed by atoms with Crippen LogP contribution in [-0.2, 0) is 14.3 Å². The Morgan fingerprint density at radius 2 is 2.05 bits per heavy atom. The number of imide groups is 1. The molecular weight excluding hydrogens is 279 g/mol. The van der Waals surface area contributed by atoms with Crippen molar-refractivity contribution >= 4 is 11.9 Å². The van der Waals surface area contributed by atoms with E-state index in [2.05, 4.69) is 0 Å². The minimum absolute atomic E-state index is 0.597. The lowest BCUT2D eigenvalue weighted by molar-refractivity contribution is -0.174. The molecule has 2 heterocycles. The van der Waals surface area contributed by atoms with Crippen molar-refractivity contribution in [3.63, 3.8) is 0 Å². The van der Waals surface area contributed by atoms with Crippen LogP contribution in [0.2, 0.25) is 0 Å². The summed E-state index contributed by atoms with van der Waals surface area (Å²) in [6.45, 7) is -0.597. The van der Waals surface area contributed by atoms with Gasteiger partial charge in [0.25, 0.3) is 5.91 Å². The molecular formula is C10H15FN2O7. The van der Waals surface area contributed by atoms with E-state index in [-0.39, 0.29) is 0 Å². The summed E-state index contributed by atoms with van der Waals surface area (Å²) in [6.07, 6.45) is -9.37. The SMILES string of the molecule is COC1C(F)C(=O)NC(=O)N1[C@@H]1O[C@H](CO)C(O)C1O. The van der Waals surface area contributed by atoms with Crippen LogP contribution in [0.15, 0.2) is 0 Å². The highest BCUT2D eigenvalue weighted by Gasteiger charge is 2.53. The number of urea groups is 1. The number of aliphatic hydroxyl groups excluding tert-OH is 3. The molecule has 0 saturated carbocycles. The van der Waals surface area contributed by atoms with Gasteiger partial charge in [-0.2, -0.15) is 0 Å². The molecule has 2 aliphatic rings. The van der Waals surface area contributed by atoms with Gasteiger partial charge in [0, 0.05) is 7.11 Å². The van der Waals surface area contributed by atoms with Gasteiger partial charge in [-0.05, 0) is 0 Å². The van der Waals surface area contributed by atoms with Crippen molar-refractivity contribution in [2.75, 3.05) is 13.7 Å². The van der Waals surface area contributed by atoms with Crippen LogP contribution in [0.4, 0.5) is 9.18 Å². The Morgan fingerprint density at radius 3 is 2.55 bits per heavy atom. The Labute approximate surface area is 112 Å². The Bertz CT molecular complexity index is 409. The van der Waals surface area contributed by atoms with E-state index < -0.39 is 55.5 Å². The van der Waals surface area contributed by atoms with Crippen molar-refractivity contribution in [3.05, 3.63) is 0 Å². The van der Waals surface area contributed by atoms with E-state index in [0.717, 1.165) is 7.11 Å². The van der Waals surface area contributed by atoms with Crippen molar-refractivity contribution < 1.29 is 38.8 Å². The van der Waals surface area contributed by atoms with Gasteiger partial charge in [0.05, 0.1) is 6.61 Å². The Morgan fingerprint density at radius 1 is 1.40 bits per heavy atom. The number of aliphatic hydroxyl groups is 3. The average molecular weight is 294 g/mol. The smallest absolute Gasteiger partial charge is 0.328 e. The van der Waals surface area contributed by atoms with Crippen molar-refractivity contribution in [3.8, 4) is 0 Å². The highest BCUT2D eigenvalue weighted by atomic mass is 19.1. The highest BCUT2D eigenvalue weighted by Crippen LogP contribution is 2.28. The molecule has 3 amide bonds. The van der Waals surface area contributed by atoms with E-state index in [1.54, 1.807) is 5.32 Å². The number of alkyl halides is 1. The maximum Gasteiger partial charge on any atom is 0.328 e. The molecule has 2 rings (SSSR count). The van der Waals surface area contributed by atoms with Crippen LogP contribution in [0, 0.1) is 0 Å². The highest BCUT2D eigenvalue weighted by molar-refractivity contribution is 5.99. The van der Waals surface area contributed by atoms with E-state index in [1.807, 2.05) is 0 Å². The normalized spacial score (nSPS) is 42.0. The number of rotatable bonds is 3. The van der Waals surface area contributed by atoms with Gasteiger partial charge in [-0.25, -0.2) is 9.18 Å². The number of methoxy groups -OCH3 is 1. The summed E-state index contributed by atoms with van der Waals surface area (Å²) in [5.41, 5.74) is 0. The van der Waals surface area contributed by atoms with Gasteiger partial charge in [-0.3, -0.25) is 15.0 Å². The molecule has 2 aliphatic heterocycles. The zero-order valence-electron chi connectivity index (χ0n) is 10.5. The fourth-order valence-corrected chi connectivity index (χ4v) is 2.23. The molecule has 6 atom stereocenters. The van der Waals surface area contributed by atoms with E-state index in [0.29, 0.717) is 4.90 Å². The zero-order chi connectivity index (χ0) is 15.0. The molecule has 10 heteroatoms. The lowest BCUT2D eigenvalue weighted by Gasteiger charge is -2.39. The predicted molar refractivity (Wildman–Crippen MR) is 58.8 cm³/mol. The maximum absolute atomic E-state index is 13.7. The first-order valence-electron chi connectivity index (χ1n) is 5.84. The molecule has 0 aliphatic carbocycles. The topological polar surface area (TPSA) is 129 Å². The molecule has 9 nitrogen and oxygen atoms in total. The van der Waals surface area contributed by atoms with Crippen LogP contribution in [0.1, 0.15) is 0 Å². The molecule has 0 spiro atoms. The number of carbonyl (C=O) groups is 2. The van der Waals surface area contributed by atoms with E-state index in [1.165, 1.54) is 0 Å². The first-order chi connectivity index (χ1) is 9.42. The minimum atomic E-state index is -2.17. The molecule has 114 valence electrons. The van der Waals surface area contributed by atoms with Gasteiger partial charge in [-0.1, -0.05) is 0 Å². The summed E-state index contributed by atoms with van der Waals surface area (Å²) in [5, 5.41) is 30.2. The van der Waals surface area contributed by atoms with Gasteiger partial charge in [-0.15, -0.1) is 0 Å². The molecule has 0 aromatic carbocycles. The van der Waals surface area contributed by atoms with Gasteiger partial charge < -0.3 is 24.8 Å². The van der Waals surface area contributed by atoms with Gasteiger partial charge in [0.2, 0.25) is 6.17 Å². The summed E-state index contributed by atoms with van der Waals surface area (Å²) < 4.78 is 23.6. The number of nitrogens with one attached hydrogen (secondary N) is 1. The number of hydrogen-bond donors (Lipinski definition) is 4. The van der Waals surface area contributed by atoms with Crippen LogP contribution in [0.3, 0.4) is 0 Å². The molecule has 0 aromatic rings. The number of halogens is 1. The molecule has 0 radical (unpaired) electrons. The van der Waals surface area contributed by atoms with Gasteiger partial charge >= 0.3 is 6.03 Å². The maximum atomic E-state index is 13.7. The van der Waals surface area contributed by atoms with Crippen molar-refractivity contribution in [2.24, 2.45) is 0 Å². The summed E-state index contributed by atoms with van der Waals surface area (Å²) in [4.78, 5) is 23.6. The van der Waals surface area contributed by atoms with E-state index >= 15 is 0 Å². The molecule has 4 unspecified atom stereocenters. The second kappa shape index (κ2) is 5.58. The van der Waals surface area contributed by atoms with Crippen LogP contribution < -0.4 is 5.32 Å². The largest absolute Gasteiger partial charge is 0.394 e. The molecule has 4 N–H and O–H groups in total. The fourth-order valence-electron chi connectivity index (χ4n) is 2.23. The van der Waals surface area contributed by atoms with Crippen LogP contribution >= 0.6 is 0 Å². The first kappa shape index (κ1) is 15.1. The van der Waals surface area contributed by atoms with E-state index in [4.69, 9.17) is 14.6 Å². The number of hydrogen-bond acceptors (Lipinski definition) is 7. The Kier molecular flexibility index (Phi) is 4.20. The summed E-state index contributed by atoms with van der Waals surface area (Å²) >= 11 is 0. The number of ether oxygens (including phenoxy) is 2. The summed E-state index contributed by atoms with van der Waals surface area (Å²) in [6, 6.07) is -1.02. The van der Waals surface area contributed by atoms with Crippen molar-refractivity contribution in [1.82, 2.24) is 10.2 Å². The monoisotopic (exact) mass is 294 g/mol. The number of carbonyl (C=O) groups excluding carboxylic acids is 2. The number of amides is 3. The van der Waals surface area contributed by atoms with Crippen LogP contribution in [-0.4, -0.2) is 82.8 Å². The summed E-state index contributed by atoms with van der Waals surface area (Å²) in [7, 11) is 1.08. The Hall–Kier alpha value is -1.33. The quantitative estimate of drug-likeness (QED) is 0.445. The second-order valence-corrected chi connectivity index (χ2v) is 4.46. The molecule has 2 fully saturated rings. The molecule has 0 aromatic heterocycles. The third-order valence-corrected chi connectivity index (χ3v) is 3.27. The number of nitrogens with zero attached hydrogens (tertiary/aromatic N) is 1. The van der Waals surface area contributed by atoms with Crippen molar-refractivity contribution in [1.29, 1.82) is 0 Å². The lowest BCUT2D eigenvalue weighted by Crippen LogP contribution is -2.66. The fraction of sp³-hybridized carbons (Fsp3) is 0.800. The second-order valence-electron chi connectivity index (χ2n) is 4.46. The van der Waals surface area contributed by atoms with Gasteiger partial charge in [0.1, 0.15) is 18.3 Å². The molecule has 2 saturated heterocycles. The minimum Gasteiger partial charge on any atom is -0.394 e. The first-order valence-corrected chi connectivity index (χ1v) is 5.84. The molecule has 0 bridgehead atoms. The van der Waals surface area contributed by atoms with Crippen molar-refractivity contribution in [2.45, 2.75) is 36.9 Å². The van der Waals surface area contributed by atoms with Crippen LogP contribution in [0.25, 0.3) is 0 Å². The zero-order valence-corrected chi connectivity index (χ0v) is 10.5. The molecule has 20 heavy (non-hydrogen) atoms. The predicted octanol–water partition coefficient (Wildman–Crippen LogP) is -2.71. The third-order valence-electron chi connectivity index (χ3n) is 3.27. The average Bonchev–Trinajstić information content (AvgIpc) is 2.70. The Balaban J connectivity index is 2.25. The van der Waals surface area contributed by atoms with E-state index in [9.17, 15) is 24.2 Å². The standard InChI is InChI=1S/C10H15FN2O7/c1-19-8-4(11)7(17)12-10(18)13(8)9-6(16)5(15)3(2-14)20-9/h3-6,8-9,14-16H,2H2,1H3,(H,12,17,18)/t3-,4?,5?,6?,8?,9-/m1/s1. The third kappa shape index (κ3) is 2.25. The van der Waals surface area contributed by atoms with Crippen LogP contribution in [0.5, 0.6) is 0 Å². The van der Waals surface area contributed by atoms with Gasteiger partial charge in [0.15, 0.2) is 12.5 Å². The summed E-state index contributed by atoms with van der Waals surface area (Å²) in [5.74, 6) is -1.16. The lowest BCUT2D eigenvalue weighted by atomic mass is 10.1.